The molecule has 7 heteroatoms. The Labute approximate surface area is 100 Å². The number of methoxy groups -OCH3 is 2. The van der Waals surface area contributed by atoms with Crippen LogP contribution in [0.15, 0.2) is 18.2 Å². The Bertz CT molecular complexity index is 411. The molecule has 17 heavy (non-hydrogen) atoms. The molecule has 1 rings (SSSR count). The molecule has 6 nitrogen and oxygen atoms in total. The van der Waals surface area contributed by atoms with Crippen LogP contribution in [0.1, 0.15) is 0 Å². The first-order valence-corrected chi connectivity index (χ1v) is 6.17. The molecule has 0 amide bonds. The number of hydrogen-bond donors (Lipinski definition) is 0. The maximum atomic E-state index is 11.7. The van der Waals surface area contributed by atoms with Gasteiger partial charge in [0.15, 0.2) is 11.5 Å². The van der Waals surface area contributed by atoms with Gasteiger partial charge in [-0.25, -0.2) is 4.57 Å². The summed E-state index contributed by atoms with van der Waals surface area (Å²) in [6.45, 7) is 0. The Morgan fingerprint density at radius 1 is 0.941 bits per heavy atom. The second kappa shape index (κ2) is 5.91. The average Bonchev–Trinajstić information content (AvgIpc) is 2.38. The van der Waals surface area contributed by atoms with Crippen LogP contribution >= 0.6 is 7.82 Å². The third-order valence-electron chi connectivity index (χ3n) is 2.02. The van der Waals surface area contributed by atoms with Gasteiger partial charge in [-0.3, -0.25) is 9.05 Å². The van der Waals surface area contributed by atoms with E-state index in [1.165, 1.54) is 34.5 Å². The molecule has 0 aliphatic carbocycles. The molecule has 0 saturated carbocycles. The summed E-state index contributed by atoms with van der Waals surface area (Å²) in [5.74, 6) is 1.31. The average molecular weight is 262 g/mol. The van der Waals surface area contributed by atoms with E-state index in [2.05, 4.69) is 9.05 Å². The highest BCUT2D eigenvalue weighted by Gasteiger charge is 2.25. The van der Waals surface area contributed by atoms with E-state index < -0.39 is 7.82 Å². The van der Waals surface area contributed by atoms with Crippen LogP contribution in [-0.4, -0.2) is 28.4 Å². The van der Waals surface area contributed by atoms with Gasteiger partial charge in [0.2, 0.25) is 0 Å². The third-order valence-corrected chi connectivity index (χ3v) is 3.35. The van der Waals surface area contributed by atoms with Crippen molar-refractivity contribution in [1.82, 2.24) is 0 Å². The largest absolute Gasteiger partial charge is 0.529 e. The van der Waals surface area contributed by atoms with Crippen LogP contribution in [0.3, 0.4) is 0 Å². The summed E-state index contributed by atoms with van der Waals surface area (Å²) >= 11 is 0. The van der Waals surface area contributed by atoms with Crippen LogP contribution in [0.5, 0.6) is 17.2 Å². The first kappa shape index (κ1) is 13.8. The van der Waals surface area contributed by atoms with Crippen LogP contribution < -0.4 is 14.0 Å². The fourth-order valence-electron chi connectivity index (χ4n) is 1.15. The first-order chi connectivity index (χ1) is 8.08. The van der Waals surface area contributed by atoms with E-state index in [1.54, 1.807) is 12.1 Å². The summed E-state index contributed by atoms with van der Waals surface area (Å²) in [5, 5.41) is 0. The van der Waals surface area contributed by atoms with E-state index in [0.29, 0.717) is 17.2 Å². The van der Waals surface area contributed by atoms with E-state index in [4.69, 9.17) is 14.0 Å². The highest BCUT2D eigenvalue weighted by Crippen LogP contribution is 2.48. The maximum absolute atomic E-state index is 11.7. The molecule has 0 bridgehead atoms. The molecule has 96 valence electrons. The van der Waals surface area contributed by atoms with Crippen molar-refractivity contribution in [1.29, 1.82) is 0 Å². The Morgan fingerprint density at radius 3 is 2.00 bits per heavy atom. The van der Waals surface area contributed by atoms with Crippen LogP contribution in [0.25, 0.3) is 0 Å². The number of benzene rings is 1. The highest BCUT2D eigenvalue weighted by atomic mass is 31.2. The summed E-state index contributed by atoms with van der Waals surface area (Å²) in [4.78, 5) is 0. The summed E-state index contributed by atoms with van der Waals surface area (Å²) in [7, 11) is 1.94. The van der Waals surface area contributed by atoms with Crippen molar-refractivity contribution in [2.45, 2.75) is 0 Å². The number of ether oxygens (including phenoxy) is 2. The molecule has 0 heterocycles. The van der Waals surface area contributed by atoms with Gasteiger partial charge in [0.1, 0.15) is 5.75 Å². The van der Waals surface area contributed by atoms with E-state index >= 15 is 0 Å². The lowest BCUT2D eigenvalue weighted by molar-refractivity contribution is 0.211. The van der Waals surface area contributed by atoms with Crippen molar-refractivity contribution in [3.8, 4) is 17.2 Å². The quantitative estimate of drug-likeness (QED) is 0.734. The molecule has 0 atom stereocenters. The van der Waals surface area contributed by atoms with Crippen molar-refractivity contribution < 1.29 is 27.6 Å². The Kier molecular flexibility index (Phi) is 4.81. The van der Waals surface area contributed by atoms with Gasteiger partial charge in [0.25, 0.3) is 0 Å². The molecule has 0 fully saturated rings. The lowest BCUT2D eigenvalue weighted by Gasteiger charge is -2.15. The van der Waals surface area contributed by atoms with Crippen molar-refractivity contribution in [2.75, 3.05) is 28.4 Å². The zero-order chi connectivity index (χ0) is 12.9. The lowest BCUT2D eigenvalue weighted by Crippen LogP contribution is -1.98. The van der Waals surface area contributed by atoms with E-state index in [1.807, 2.05) is 0 Å². The zero-order valence-corrected chi connectivity index (χ0v) is 11.0. The van der Waals surface area contributed by atoms with Crippen LogP contribution in [0.2, 0.25) is 0 Å². The standard InChI is InChI=1S/C10H15O6P/c1-12-9-6-5-8(7-10(9)13-2)16-17(11,14-3)15-4/h5-7H,1-4H3. The Morgan fingerprint density at radius 2 is 1.53 bits per heavy atom. The minimum absolute atomic E-state index is 0.301. The fraction of sp³-hybridized carbons (Fsp3) is 0.400. The number of rotatable bonds is 6. The topological polar surface area (TPSA) is 63.2 Å². The smallest absolute Gasteiger partial charge is 0.493 e. The monoisotopic (exact) mass is 262 g/mol. The van der Waals surface area contributed by atoms with Crippen molar-refractivity contribution in [3.05, 3.63) is 18.2 Å². The van der Waals surface area contributed by atoms with Gasteiger partial charge in [0, 0.05) is 20.3 Å². The number of hydrogen-bond acceptors (Lipinski definition) is 6. The minimum atomic E-state index is -3.55. The van der Waals surface area contributed by atoms with Crippen molar-refractivity contribution >= 4 is 7.82 Å². The Balaban J connectivity index is 2.97. The molecule has 1 aromatic carbocycles. The molecular weight excluding hydrogens is 247 g/mol. The molecule has 0 radical (unpaired) electrons. The van der Waals surface area contributed by atoms with E-state index in [-0.39, 0.29) is 0 Å². The summed E-state index contributed by atoms with van der Waals surface area (Å²) in [5.41, 5.74) is 0. The SMILES string of the molecule is COc1ccc(OP(=O)(OC)OC)cc1OC. The van der Waals surface area contributed by atoms with Gasteiger partial charge in [-0.2, -0.15) is 0 Å². The zero-order valence-electron chi connectivity index (χ0n) is 10.1. The third kappa shape index (κ3) is 3.36. The van der Waals surface area contributed by atoms with Gasteiger partial charge in [-0.05, 0) is 12.1 Å². The summed E-state index contributed by atoms with van der Waals surface area (Å²) < 4.78 is 36.3. The molecule has 0 aliphatic rings. The van der Waals surface area contributed by atoms with E-state index in [9.17, 15) is 4.57 Å². The molecule has 0 N–H and O–H groups in total. The fourth-order valence-corrected chi connectivity index (χ4v) is 1.82. The van der Waals surface area contributed by atoms with Gasteiger partial charge in [-0.15, -0.1) is 0 Å². The van der Waals surface area contributed by atoms with Crippen LogP contribution in [0.4, 0.5) is 0 Å². The van der Waals surface area contributed by atoms with Gasteiger partial charge in [0.05, 0.1) is 14.2 Å². The first-order valence-electron chi connectivity index (χ1n) is 4.71. The molecule has 0 aromatic heterocycles. The molecule has 0 aliphatic heterocycles. The molecule has 0 spiro atoms. The highest BCUT2D eigenvalue weighted by molar-refractivity contribution is 7.48. The van der Waals surface area contributed by atoms with Crippen molar-refractivity contribution in [3.63, 3.8) is 0 Å². The molecule has 0 unspecified atom stereocenters. The van der Waals surface area contributed by atoms with Crippen molar-refractivity contribution in [2.24, 2.45) is 0 Å². The summed E-state index contributed by atoms with van der Waals surface area (Å²) in [6, 6.07) is 4.74. The predicted molar refractivity (Wildman–Crippen MR) is 61.8 cm³/mol. The lowest BCUT2D eigenvalue weighted by atomic mass is 10.3. The van der Waals surface area contributed by atoms with Gasteiger partial charge >= 0.3 is 7.82 Å². The number of phosphoric ester groups is 1. The summed E-state index contributed by atoms with van der Waals surface area (Å²) in [6.07, 6.45) is 0. The second-order valence-corrected chi connectivity index (χ2v) is 4.73. The van der Waals surface area contributed by atoms with Crippen LogP contribution in [-0.2, 0) is 13.6 Å². The van der Waals surface area contributed by atoms with Gasteiger partial charge < -0.3 is 14.0 Å². The maximum Gasteiger partial charge on any atom is 0.529 e. The Hall–Kier alpha value is -1.23. The van der Waals surface area contributed by atoms with E-state index in [0.717, 1.165) is 0 Å². The molecule has 0 saturated heterocycles. The van der Waals surface area contributed by atoms with Crippen LogP contribution in [0, 0.1) is 0 Å². The minimum Gasteiger partial charge on any atom is -0.493 e. The normalized spacial score (nSPS) is 11.1. The molecular formula is C10H15O6P. The predicted octanol–water partition coefficient (Wildman–Crippen LogP) is 2.48. The van der Waals surface area contributed by atoms with Gasteiger partial charge in [-0.1, -0.05) is 0 Å². The second-order valence-electron chi connectivity index (χ2n) is 2.92. The number of phosphoric acid groups is 1. The molecule has 1 aromatic rings.